The molecule has 1 aromatic rings. The van der Waals surface area contributed by atoms with Crippen LogP contribution in [-0.4, -0.2) is 41.4 Å². The van der Waals surface area contributed by atoms with Crippen LogP contribution in [0.2, 0.25) is 5.02 Å². The van der Waals surface area contributed by atoms with Gasteiger partial charge in [-0.05, 0) is 45.7 Å². The van der Waals surface area contributed by atoms with E-state index in [1.54, 1.807) is 6.20 Å². The van der Waals surface area contributed by atoms with Gasteiger partial charge in [0.25, 0.3) is 0 Å². The molecule has 1 fully saturated rings. The van der Waals surface area contributed by atoms with E-state index in [2.05, 4.69) is 24.1 Å². The first-order valence-corrected chi connectivity index (χ1v) is 7.06. The predicted octanol–water partition coefficient (Wildman–Crippen LogP) is 1.77. The van der Waals surface area contributed by atoms with Gasteiger partial charge in [0.05, 0.1) is 23.5 Å². The molecule has 0 aliphatic heterocycles. The van der Waals surface area contributed by atoms with Crippen molar-refractivity contribution in [3.8, 4) is 0 Å². The maximum atomic E-state index is 6.20. The molecule has 2 N–H and O–H groups in total. The molecule has 1 heterocycles. The van der Waals surface area contributed by atoms with Crippen LogP contribution in [0.1, 0.15) is 25.0 Å². The van der Waals surface area contributed by atoms with Crippen LogP contribution in [0.3, 0.4) is 0 Å². The first-order valence-electron chi connectivity index (χ1n) is 6.68. The van der Waals surface area contributed by atoms with Crippen molar-refractivity contribution < 1.29 is 0 Å². The summed E-state index contributed by atoms with van der Waals surface area (Å²) in [5.74, 6) is 0.752. The summed E-state index contributed by atoms with van der Waals surface area (Å²) in [6.45, 7) is 1.85. The van der Waals surface area contributed by atoms with E-state index in [1.807, 2.05) is 4.68 Å². The minimum atomic E-state index is 0.332. The van der Waals surface area contributed by atoms with Gasteiger partial charge in [-0.3, -0.25) is 4.68 Å². The summed E-state index contributed by atoms with van der Waals surface area (Å²) in [4.78, 5) is 2.15. The van der Waals surface area contributed by atoms with E-state index >= 15 is 0 Å². The second kappa shape index (κ2) is 6.04. The SMILES string of the molecule is CN(C)CCn1ncc(Cl)c1CCC(N)C1CC1. The molecule has 0 spiro atoms. The minimum absolute atomic E-state index is 0.332. The summed E-state index contributed by atoms with van der Waals surface area (Å²) in [6.07, 6.45) is 6.29. The summed E-state index contributed by atoms with van der Waals surface area (Å²) in [7, 11) is 4.13. The van der Waals surface area contributed by atoms with Gasteiger partial charge in [-0.1, -0.05) is 11.6 Å². The molecular formula is C13H23ClN4. The van der Waals surface area contributed by atoms with Crippen LogP contribution in [-0.2, 0) is 13.0 Å². The highest BCUT2D eigenvalue weighted by Crippen LogP contribution is 2.33. The highest BCUT2D eigenvalue weighted by Gasteiger charge is 2.28. The maximum absolute atomic E-state index is 6.20. The third-order valence-corrected chi connectivity index (χ3v) is 3.91. The van der Waals surface area contributed by atoms with Gasteiger partial charge in [0.2, 0.25) is 0 Å². The molecule has 0 amide bonds. The van der Waals surface area contributed by atoms with Gasteiger partial charge in [-0.2, -0.15) is 5.10 Å². The Bertz CT molecular complexity index is 384. The van der Waals surface area contributed by atoms with E-state index < -0.39 is 0 Å². The average Bonchev–Trinajstić information content (AvgIpc) is 3.10. The first kappa shape index (κ1) is 13.8. The zero-order valence-electron chi connectivity index (χ0n) is 11.3. The molecule has 1 saturated carbocycles. The summed E-state index contributed by atoms with van der Waals surface area (Å²) < 4.78 is 2.02. The second-order valence-electron chi connectivity index (χ2n) is 5.51. The van der Waals surface area contributed by atoms with Gasteiger partial charge >= 0.3 is 0 Å². The van der Waals surface area contributed by atoms with Crippen molar-refractivity contribution in [3.05, 3.63) is 16.9 Å². The predicted molar refractivity (Wildman–Crippen MR) is 74.8 cm³/mol. The Hall–Kier alpha value is -0.580. The Morgan fingerprint density at radius 2 is 2.28 bits per heavy atom. The molecule has 1 unspecified atom stereocenters. The van der Waals surface area contributed by atoms with E-state index in [-0.39, 0.29) is 0 Å². The summed E-state index contributed by atoms with van der Waals surface area (Å²) in [6, 6.07) is 0.332. The normalized spacial score (nSPS) is 17.4. The van der Waals surface area contributed by atoms with E-state index in [9.17, 15) is 0 Å². The Morgan fingerprint density at radius 3 is 2.89 bits per heavy atom. The number of nitrogens with zero attached hydrogens (tertiary/aromatic N) is 3. The van der Waals surface area contributed by atoms with E-state index in [4.69, 9.17) is 17.3 Å². The quantitative estimate of drug-likeness (QED) is 0.821. The standard InChI is InChI=1S/C13H23ClN4/c1-17(2)7-8-18-13(11(14)9-16-18)6-5-12(15)10-3-4-10/h9-10,12H,3-8,15H2,1-2H3. The smallest absolute Gasteiger partial charge is 0.0817 e. The third-order valence-electron chi connectivity index (χ3n) is 3.60. The van der Waals surface area contributed by atoms with Gasteiger partial charge in [-0.15, -0.1) is 0 Å². The van der Waals surface area contributed by atoms with Crippen molar-refractivity contribution in [3.63, 3.8) is 0 Å². The molecule has 0 saturated heterocycles. The van der Waals surface area contributed by atoms with Gasteiger partial charge in [0.1, 0.15) is 0 Å². The number of hydrogen-bond acceptors (Lipinski definition) is 3. The molecule has 1 aromatic heterocycles. The zero-order valence-corrected chi connectivity index (χ0v) is 12.0. The van der Waals surface area contributed by atoms with Gasteiger partial charge in [0.15, 0.2) is 0 Å². The molecule has 0 radical (unpaired) electrons. The van der Waals surface area contributed by atoms with Crippen LogP contribution in [0.5, 0.6) is 0 Å². The lowest BCUT2D eigenvalue weighted by atomic mass is 10.1. The monoisotopic (exact) mass is 270 g/mol. The van der Waals surface area contributed by atoms with E-state index in [0.717, 1.165) is 42.6 Å². The van der Waals surface area contributed by atoms with Gasteiger partial charge < -0.3 is 10.6 Å². The van der Waals surface area contributed by atoms with Gasteiger partial charge in [0, 0.05) is 12.6 Å². The topological polar surface area (TPSA) is 47.1 Å². The maximum Gasteiger partial charge on any atom is 0.0817 e. The minimum Gasteiger partial charge on any atom is -0.327 e. The molecular weight excluding hydrogens is 248 g/mol. The summed E-state index contributed by atoms with van der Waals surface area (Å²) in [5, 5.41) is 5.12. The first-order chi connectivity index (χ1) is 8.58. The second-order valence-corrected chi connectivity index (χ2v) is 5.91. The third kappa shape index (κ3) is 3.70. The van der Waals surface area contributed by atoms with Crippen LogP contribution in [0.25, 0.3) is 0 Å². The Labute approximate surface area is 114 Å². The van der Waals surface area contributed by atoms with Crippen LogP contribution in [0.15, 0.2) is 6.20 Å². The number of halogens is 1. The Morgan fingerprint density at radius 1 is 1.56 bits per heavy atom. The molecule has 2 rings (SSSR count). The molecule has 0 bridgehead atoms. The number of likely N-dealkylation sites (N-methyl/N-ethyl adjacent to an activating group) is 1. The van der Waals surface area contributed by atoms with Crippen molar-refractivity contribution in [2.45, 2.75) is 38.3 Å². The molecule has 5 heteroatoms. The molecule has 18 heavy (non-hydrogen) atoms. The lowest BCUT2D eigenvalue weighted by molar-refractivity contribution is 0.368. The van der Waals surface area contributed by atoms with Crippen LogP contribution < -0.4 is 5.73 Å². The molecule has 4 nitrogen and oxygen atoms in total. The number of nitrogens with two attached hydrogens (primary N) is 1. The van der Waals surface area contributed by atoms with Crippen molar-refractivity contribution in [2.24, 2.45) is 11.7 Å². The van der Waals surface area contributed by atoms with Crippen molar-refractivity contribution >= 4 is 11.6 Å². The fourth-order valence-corrected chi connectivity index (χ4v) is 2.42. The molecule has 1 aliphatic rings. The number of hydrogen-bond donors (Lipinski definition) is 1. The largest absolute Gasteiger partial charge is 0.327 e. The molecule has 1 atom stereocenters. The fraction of sp³-hybridized carbons (Fsp3) is 0.769. The van der Waals surface area contributed by atoms with E-state index in [0.29, 0.717) is 6.04 Å². The zero-order chi connectivity index (χ0) is 13.1. The lowest BCUT2D eigenvalue weighted by Gasteiger charge is -2.14. The molecule has 1 aliphatic carbocycles. The summed E-state index contributed by atoms with van der Waals surface area (Å²) in [5.41, 5.74) is 7.27. The van der Waals surface area contributed by atoms with Crippen LogP contribution in [0, 0.1) is 5.92 Å². The lowest BCUT2D eigenvalue weighted by Crippen LogP contribution is -2.24. The van der Waals surface area contributed by atoms with Crippen molar-refractivity contribution in [2.75, 3.05) is 20.6 Å². The van der Waals surface area contributed by atoms with Crippen molar-refractivity contribution in [1.82, 2.24) is 14.7 Å². The average molecular weight is 271 g/mol. The highest BCUT2D eigenvalue weighted by molar-refractivity contribution is 6.31. The van der Waals surface area contributed by atoms with E-state index in [1.165, 1.54) is 12.8 Å². The Kier molecular flexibility index (Phi) is 4.65. The summed E-state index contributed by atoms with van der Waals surface area (Å²) >= 11 is 6.20. The van der Waals surface area contributed by atoms with Crippen molar-refractivity contribution in [1.29, 1.82) is 0 Å². The number of rotatable bonds is 7. The molecule has 102 valence electrons. The highest BCUT2D eigenvalue weighted by atomic mass is 35.5. The Balaban J connectivity index is 1.90. The molecule has 0 aromatic carbocycles. The number of aromatic nitrogens is 2. The van der Waals surface area contributed by atoms with Crippen LogP contribution >= 0.6 is 11.6 Å². The van der Waals surface area contributed by atoms with Crippen LogP contribution in [0.4, 0.5) is 0 Å². The fourth-order valence-electron chi connectivity index (χ4n) is 2.19. The van der Waals surface area contributed by atoms with Gasteiger partial charge in [-0.25, -0.2) is 0 Å².